The maximum absolute atomic E-state index is 9.55. The van der Waals surface area contributed by atoms with Crippen LogP contribution in [0, 0.1) is 0 Å². The smallest absolute Gasteiger partial charge is 0.149 e. The largest absolute Gasteiger partial charge is 0.465 e. The van der Waals surface area contributed by atoms with Gasteiger partial charge >= 0.3 is 0 Å². The monoisotopic (exact) mass is 234 g/mol. The lowest BCUT2D eigenvalue weighted by Gasteiger charge is -2.22. The fourth-order valence-electron chi connectivity index (χ4n) is 0.821. The summed E-state index contributed by atoms with van der Waals surface area (Å²) in [5.41, 5.74) is -1.19. The Morgan fingerprint density at radius 1 is 1.58 bits per heavy atom. The summed E-state index contributed by atoms with van der Waals surface area (Å²) in [7, 11) is 0. The highest BCUT2D eigenvalue weighted by molar-refractivity contribution is 9.10. The van der Waals surface area contributed by atoms with Crippen molar-refractivity contribution in [2.45, 2.75) is 25.6 Å². The number of hydrogen-bond acceptors (Lipinski definition) is 3. The van der Waals surface area contributed by atoms with Crippen molar-refractivity contribution in [2.24, 2.45) is 0 Å². The topological polar surface area (TPSA) is 53.6 Å². The maximum atomic E-state index is 9.55. The van der Waals surface area contributed by atoms with Crippen LogP contribution in [-0.4, -0.2) is 15.8 Å². The molecule has 1 atom stereocenters. The van der Waals surface area contributed by atoms with Gasteiger partial charge in [0.15, 0.2) is 0 Å². The van der Waals surface area contributed by atoms with E-state index in [1.54, 1.807) is 6.07 Å². The van der Waals surface area contributed by atoms with Crippen LogP contribution in [0.15, 0.2) is 21.2 Å². The molecule has 4 heteroatoms. The van der Waals surface area contributed by atoms with Gasteiger partial charge in [0.1, 0.15) is 11.9 Å². The quantitative estimate of drug-likeness (QED) is 0.822. The molecule has 1 aromatic heterocycles. The van der Waals surface area contributed by atoms with Crippen molar-refractivity contribution in [3.8, 4) is 0 Å². The summed E-state index contributed by atoms with van der Waals surface area (Å²) in [5.74, 6) is 0.350. The Hall–Kier alpha value is -0.320. The standard InChI is InChI=1S/C8H11BrO3/c1-8(2,11)7(10)6-5(9)3-4-12-6/h3-4,7,10-11H,1-2H3. The molecule has 0 radical (unpaired) electrons. The van der Waals surface area contributed by atoms with E-state index in [4.69, 9.17) is 4.42 Å². The molecule has 1 unspecified atom stereocenters. The molecule has 0 aliphatic heterocycles. The fourth-order valence-corrected chi connectivity index (χ4v) is 1.24. The van der Waals surface area contributed by atoms with Crippen LogP contribution in [0.3, 0.4) is 0 Å². The molecule has 0 amide bonds. The van der Waals surface area contributed by atoms with Crippen LogP contribution >= 0.6 is 15.9 Å². The van der Waals surface area contributed by atoms with E-state index in [-0.39, 0.29) is 0 Å². The third-order valence-electron chi connectivity index (χ3n) is 1.56. The third-order valence-corrected chi connectivity index (χ3v) is 2.22. The number of aliphatic hydroxyl groups is 2. The Balaban J connectivity index is 2.92. The third kappa shape index (κ3) is 1.88. The molecule has 0 fully saturated rings. The predicted octanol–water partition coefficient (Wildman–Crippen LogP) is 1.85. The lowest BCUT2D eigenvalue weighted by Crippen LogP contribution is -2.28. The van der Waals surface area contributed by atoms with Gasteiger partial charge in [0.25, 0.3) is 0 Å². The number of rotatable bonds is 2. The minimum absolute atomic E-state index is 0.350. The highest BCUT2D eigenvalue weighted by Gasteiger charge is 2.30. The van der Waals surface area contributed by atoms with Crippen LogP contribution in [0.25, 0.3) is 0 Å². The molecule has 0 saturated heterocycles. The molecule has 0 aliphatic carbocycles. The molecule has 0 aliphatic rings. The first kappa shape index (κ1) is 9.77. The second-order valence-corrected chi connectivity index (χ2v) is 4.04. The van der Waals surface area contributed by atoms with Crippen LogP contribution in [0.4, 0.5) is 0 Å². The molecule has 68 valence electrons. The van der Waals surface area contributed by atoms with E-state index in [1.165, 1.54) is 20.1 Å². The van der Waals surface area contributed by atoms with Gasteiger partial charge in [-0.2, -0.15) is 0 Å². The maximum Gasteiger partial charge on any atom is 0.149 e. The molecule has 2 N–H and O–H groups in total. The van der Waals surface area contributed by atoms with E-state index in [0.29, 0.717) is 10.2 Å². The Morgan fingerprint density at radius 2 is 2.17 bits per heavy atom. The Bertz CT molecular complexity index is 262. The van der Waals surface area contributed by atoms with Gasteiger partial charge in [0, 0.05) is 0 Å². The van der Waals surface area contributed by atoms with E-state index >= 15 is 0 Å². The van der Waals surface area contributed by atoms with Crippen molar-refractivity contribution in [2.75, 3.05) is 0 Å². The van der Waals surface area contributed by atoms with E-state index < -0.39 is 11.7 Å². The summed E-state index contributed by atoms with van der Waals surface area (Å²) in [6, 6.07) is 1.67. The fraction of sp³-hybridized carbons (Fsp3) is 0.500. The summed E-state index contributed by atoms with van der Waals surface area (Å²) in [6.45, 7) is 3.04. The van der Waals surface area contributed by atoms with Crippen LogP contribution in [-0.2, 0) is 0 Å². The average molecular weight is 235 g/mol. The van der Waals surface area contributed by atoms with Crippen LogP contribution in [0.1, 0.15) is 25.7 Å². The molecule has 1 rings (SSSR count). The number of aliphatic hydroxyl groups excluding tert-OH is 1. The summed E-state index contributed by atoms with van der Waals surface area (Å²) in [4.78, 5) is 0. The van der Waals surface area contributed by atoms with E-state index in [1.807, 2.05) is 0 Å². The van der Waals surface area contributed by atoms with Gasteiger partial charge in [-0.1, -0.05) is 0 Å². The number of hydrogen-bond donors (Lipinski definition) is 2. The van der Waals surface area contributed by atoms with Crippen molar-refractivity contribution in [3.63, 3.8) is 0 Å². The second-order valence-electron chi connectivity index (χ2n) is 3.19. The highest BCUT2D eigenvalue weighted by Crippen LogP contribution is 2.31. The van der Waals surface area contributed by atoms with Gasteiger partial charge in [0.05, 0.1) is 16.3 Å². The first-order valence-electron chi connectivity index (χ1n) is 3.56. The first-order chi connectivity index (χ1) is 5.43. The van der Waals surface area contributed by atoms with Gasteiger partial charge in [-0.3, -0.25) is 0 Å². The van der Waals surface area contributed by atoms with Gasteiger partial charge in [-0.05, 0) is 35.8 Å². The van der Waals surface area contributed by atoms with E-state index in [2.05, 4.69) is 15.9 Å². The van der Waals surface area contributed by atoms with Gasteiger partial charge in [-0.25, -0.2) is 0 Å². The zero-order valence-corrected chi connectivity index (χ0v) is 8.50. The highest BCUT2D eigenvalue weighted by atomic mass is 79.9. The van der Waals surface area contributed by atoms with Crippen LogP contribution in [0.5, 0.6) is 0 Å². The minimum Gasteiger partial charge on any atom is -0.465 e. The molecule has 12 heavy (non-hydrogen) atoms. The predicted molar refractivity (Wildman–Crippen MR) is 47.7 cm³/mol. The Morgan fingerprint density at radius 3 is 2.50 bits per heavy atom. The average Bonchev–Trinajstić information content (AvgIpc) is 2.31. The Labute approximate surface area is 79.1 Å². The van der Waals surface area contributed by atoms with Crippen LogP contribution in [0.2, 0.25) is 0 Å². The van der Waals surface area contributed by atoms with Gasteiger partial charge in [0.2, 0.25) is 0 Å². The molecule has 0 bridgehead atoms. The molecular weight excluding hydrogens is 224 g/mol. The van der Waals surface area contributed by atoms with Crippen molar-refractivity contribution in [3.05, 3.63) is 22.6 Å². The summed E-state index contributed by atoms with van der Waals surface area (Å²) < 4.78 is 5.66. The molecule has 0 saturated carbocycles. The lowest BCUT2D eigenvalue weighted by atomic mass is 10.0. The molecule has 0 spiro atoms. The molecular formula is C8H11BrO3. The molecule has 0 aromatic carbocycles. The van der Waals surface area contributed by atoms with E-state index in [9.17, 15) is 10.2 Å². The molecule has 1 heterocycles. The molecule has 1 aromatic rings. The SMILES string of the molecule is CC(C)(O)C(O)c1occc1Br. The number of furan rings is 1. The van der Waals surface area contributed by atoms with Crippen molar-refractivity contribution in [1.29, 1.82) is 0 Å². The second kappa shape index (κ2) is 3.20. The van der Waals surface area contributed by atoms with Crippen LogP contribution < -0.4 is 0 Å². The normalized spacial score (nSPS) is 14.8. The van der Waals surface area contributed by atoms with Gasteiger partial charge in [-0.15, -0.1) is 0 Å². The van der Waals surface area contributed by atoms with Crippen molar-refractivity contribution < 1.29 is 14.6 Å². The van der Waals surface area contributed by atoms with Crippen molar-refractivity contribution >= 4 is 15.9 Å². The minimum atomic E-state index is -1.19. The lowest BCUT2D eigenvalue weighted by molar-refractivity contribution is -0.0598. The summed E-state index contributed by atoms with van der Waals surface area (Å²) >= 11 is 3.19. The van der Waals surface area contributed by atoms with Gasteiger partial charge < -0.3 is 14.6 Å². The summed E-state index contributed by atoms with van der Waals surface area (Å²) in [5, 5.41) is 19.0. The van der Waals surface area contributed by atoms with E-state index in [0.717, 1.165) is 0 Å². The molecule has 3 nitrogen and oxygen atoms in total. The summed E-state index contributed by atoms with van der Waals surface area (Å²) in [6.07, 6.45) is 0.441. The number of halogens is 1. The first-order valence-corrected chi connectivity index (χ1v) is 4.35. The zero-order chi connectivity index (χ0) is 9.35. The zero-order valence-electron chi connectivity index (χ0n) is 6.91. The Kier molecular flexibility index (Phi) is 2.61. The van der Waals surface area contributed by atoms with Crippen molar-refractivity contribution in [1.82, 2.24) is 0 Å².